The van der Waals surface area contributed by atoms with Gasteiger partial charge in [0.05, 0.1) is 17.5 Å². The van der Waals surface area contributed by atoms with Crippen LogP contribution in [-0.2, 0) is 13.0 Å². The molecule has 0 radical (unpaired) electrons. The van der Waals surface area contributed by atoms with Crippen LogP contribution in [0.25, 0.3) is 11.3 Å². The maximum Gasteiger partial charge on any atom is 0.255 e. The minimum atomic E-state index is -0.146. The van der Waals surface area contributed by atoms with Gasteiger partial charge >= 0.3 is 0 Å². The van der Waals surface area contributed by atoms with Crippen LogP contribution >= 0.6 is 0 Å². The number of imidazole rings is 1. The highest BCUT2D eigenvalue weighted by Gasteiger charge is 2.16. The molecule has 0 aliphatic carbocycles. The summed E-state index contributed by atoms with van der Waals surface area (Å²) >= 11 is 0. The van der Waals surface area contributed by atoms with E-state index in [1.165, 1.54) is 12.8 Å². The molecular weight excluding hydrogens is 350 g/mol. The molecule has 5 nitrogen and oxygen atoms in total. The van der Waals surface area contributed by atoms with Gasteiger partial charge in [0.15, 0.2) is 0 Å². The number of carbonyl (C=O) groups excluding carboxylic acids is 1. The lowest BCUT2D eigenvalue weighted by atomic mass is 10.1. The highest BCUT2D eigenvalue weighted by molar-refractivity contribution is 6.06. The van der Waals surface area contributed by atoms with Crippen LogP contribution in [0.2, 0.25) is 0 Å². The number of hydrogen-bond donors (Lipinski definition) is 1. The number of anilines is 1. The van der Waals surface area contributed by atoms with E-state index < -0.39 is 0 Å². The molecule has 2 aromatic carbocycles. The molecule has 1 aliphatic rings. The number of hydrogen-bond acceptors (Lipinski definition) is 3. The van der Waals surface area contributed by atoms with Crippen molar-refractivity contribution >= 4 is 11.6 Å². The first kappa shape index (κ1) is 18.3. The Balaban J connectivity index is 1.55. The van der Waals surface area contributed by atoms with Crippen molar-refractivity contribution in [2.24, 2.45) is 0 Å². The molecule has 1 N–H and O–H groups in total. The van der Waals surface area contributed by atoms with Gasteiger partial charge in [-0.05, 0) is 57.0 Å². The van der Waals surface area contributed by atoms with Crippen molar-refractivity contribution in [2.75, 3.05) is 5.32 Å². The van der Waals surface area contributed by atoms with Crippen LogP contribution in [0, 0.1) is 0 Å². The van der Waals surface area contributed by atoms with Crippen molar-refractivity contribution in [1.82, 2.24) is 9.55 Å². The lowest BCUT2D eigenvalue weighted by Gasteiger charge is -2.12. The molecule has 144 valence electrons. The van der Waals surface area contributed by atoms with Crippen molar-refractivity contribution < 1.29 is 9.53 Å². The van der Waals surface area contributed by atoms with Crippen LogP contribution in [0.3, 0.4) is 0 Å². The van der Waals surface area contributed by atoms with Gasteiger partial charge in [-0.25, -0.2) is 4.98 Å². The second-order valence-corrected chi connectivity index (χ2v) is 7.38. The Kier molecular flexibility index (Phi) is 5.15. The van der Waals surface area contributed by atoms with Gasteiger partial charge in [0.2, 0.25) is 0 Å². The third-order valence-corrected chi connectivity index (χ3v) is 4.85. The van der Waals surface area contributed by atoms with Gasteiger partial charge in [-0.1, -0.05) is 18.2 Å². The lowest BCUT2D eigenvalue weighted by molar-refractivity contribution is 0.102. The normalized spacial score (nSPS) is 13.2. The molecule has 0 fully saturated rings. The Bertz CT molecular complexity index is 950. The summed E-state index contributed by atoms with van der Waals surface area (Å²) in [5.74, 6) is 1.74. The van der Waals surface area contributed by atoms with Gasteiger partial charge in [0.1, 0.15) is 11.6 Å². The van der Waals surface area contributed by atoms with E-state index in [0.29, 0.717) is 5.56 Å². The summed E-state index contributed by atoms with van der Waals surface area (Å²) in [5.41, 5.74) is 3.21. The minimum absolute atomic E-state index is 0.104. The van der Waals surface area contributed by atoms with E-state index in [4.69, 9.17) is 9.72 Å². The summed E-state index contributed by atoms with van der Waals surface area (Å²) in [6.07, 6.45) is 5.59. The molecule has 0 spiro atoms. The van der Waals surface area contributed by atoms with Gasteiger partial charge in [-0.15, -0.1) is 0 Å². The summed E-state index contributed by atoms with van der Waals surface area (Å²) in [6, 6.07) is 15.0. The minimum Gasteiger partial charge on any atom is -0.491 e. The van der Waals surface area contributed by atoms with E-state index in [9.17, 15) is 4.79 Å². The first-order valence-corrected chi connectivity index (χ1v) is 9.83. The van der Waals surface area contributed by atoms with E-state index in [0.717, 1.165) is 41.5 Å². The predicted octanol–water partition coefficient (Wildman–Crippen LogP) is 4.93. The summed E-state index contributed by atoms with van der Waals surface area (Å²) in [7, 11) is 0. The first-order chi connectivity index (χ1) is 13.6. The topological polar surface area (TPSA) is 56.1 Å². The summed E-state index contributed by atoms with van der Waals surface area (Å²) in [6.45, 7) is 4.97. The number of carbonyl (C=O) groups is 1. The monoisotopic (exact) mass is 375 g/mol. The van der Waals surface area contributed by atoms with Crippen LogP contribution in [0.4, 0.5) is 5.69 Å². The fourth-order valence-corrected chi connectivity index (χ4v) is 3.51. The zero-order valence-corrected chi connectivity index (χ0v) is 16.3. The molecule has 0 saturated carbocycles. The largest absolute Gasteiger partial charge is 0.491 e. The number of fused-ring (bicyclic) bond motifs is 1. The molecule has 0 saturated heterocycles. The molecule has 28 heavy (non-hydrogen) atoms. The SMILES string of the molecule is CC(C)Oc1ccc(C(=O)Nc2ccccc2-c2cn3c(n2)CCCC3)cc1. The van der Waals surface area contributed by atoms with E-state index in [-0.39, 0.29) is 12.0 Å². The fraction of sp³-hybridized carbons (Fsp3) is 0.304. The predicted molar refractivity (Wildman–Crippen MR) is 111 cm³/mol. The van der Waals surface area contributed by atoms with Crippen LogP contribution in [0.15, 0.2) is 54.7 Å². The summed E-state index contributed by atoms with van der Waals surface area (Å²) < 4.78 is 7.87. The smallest absolute Gasteiger partial charge is 0.255 e. The molecule has 5 heteroatoms. The van der Waals surface area contributed by atoms with Gasteiger partial charge in [-0.3, -0.25) is 4.79 Å². The van der Waals surface area contributed by atoms with Crippen molar-refractivity contribution in [2.45, 2.75) is 45.8 Å². The van der Waals surface area contributed by atoms with Gasteiger partial charge in [0.25, 0.3) is 5.91 Å². The second kappa shape index (κ2) is 7.89. The van der Waals surface area contributed by atoms with Crippen LogP contribution in [0.5, 0.6) is 5.75 Å². The number of rotatable bonds is 5. The van der Waals surface area contributed by atoms with Crippen molar-refractivity contribution in [1.29, 1.82) is 0 Å². The Morgan fingerprint density at radius 2 is 1.89 bits per heavy atom. The lowest BCUT2D eigenvalue weighted by Crippen LogP contribution is -2.13. The number of para-hydroxylation sites is 1. The average molecular weight is 375 g/mol. The van der Waals surface area contributed by atoms with Crippen molar-refractivity contribution in [3.05, 3.63) is 66.1 Å². The molecule has 4 rings (SSSR count). The molecule has 0 unspecified atom stereocenters. The molecule has 0 bridgehead atoms. The number of aromatic nitrogens is 2. The Morgan fingerprint density at radius 3 is 2.64 bits per heavy atom. The zero-order valence-electron chi connectivity index (χ0n) is 16.3. The van der Waals surface area contributed by atoms with E-state index in [1.54, 1.807) is 12.1 Å². The highest BCUT2D eigenvalue weighted by Crippen LogP contribution is 2.29. The third kappa shape index (κ3) is 3.93. The van der Waals surface area contributed by atoms with Gasteiger partial charge < -0.3 is 14.6 Å². The first-order valence-electron chi connectivity index (χ1n) is 9.83. The summed E-state index contributed by atoms with van der Waals surface area (Å²) in [4.78, 5) is 17.5. The van der Waals surface area contributed by atoms with Crippen molar-refractivity contribution in [3.63, 3.8) is 0 Å². The molecule has 1 amide bonds. The molecule has 3 aromatic rings. The van der Waals surface area contributed by atoms with Crippen molar-refractivity contribution in [3.8, 4) is 17.0 Å². The van der Waals surface area contributed by atoms with E-state index in [1.807, 2.05) is 50.2 Å². The van der Waals surface area contributed by atoms with Gasteiger partial charge in [0, 0.05) is 30.3 Å². The molecule has 1 aromatic heterocycles. The second-order valence-electron chi connectivity index (χ2n) is 7.38. The molecule has 1 aliphatic heterocycles. The number of ether oxygens (including phenoxy) is 1. The third-order valence-electron chi connectivity index (χ3n) is 4.85. The van der Waals surface area contributed by atoms with E-state index >= 15 is 0 Å². The number of nitrogens with zero attached hydrogens (tertiary/aromatic N) is 2. The van der Waals surface area contributed by atoms with Crippen LogP contribution in [-0.4, -0.2) is 21.6 Å². The molecular formula is C23H25N3O2. The maximum absolute atomic E-state index is 12.7. The maximum atomic E-state index is 12.7. The quantitative estimate of drug-likeness (QED) is 0.688. The summed E-state index contributed by atoms with van der Waals surface area (Å²) in [5, 5.41) is 3.04. The number of aryl methyl sites for hydroxylation is 2. The number of benzene rings is 2. The Labute approximate surface area is 165 Å². The highest BCUT2D eigenvalue weighted by atomic mass is 16.5. The Hall–Kier alpha value is -3.08. The van der Waals surface area contributed by atoms with E-state index in [2.05, 4.69) is 16.1 Å². The fourth-order valence-electron chi connectivity index (χ4n) is 3.51. The number of nitrogens with one attached hydrogen (secondary N) is 1. The molecule has 2 heterocycles. The Morgan fingerprint density at radius 1 is 1.11 bits per heavy atom. The number of amides is 1. The van der Waals surface area contributed by atoms with Crippen LogP contribution in [0.1, 0.15) is 42.9 Å². The standard InChI is InChI=1S/C23H25N3O2/c1-16(2)28-18-12-10-17(11-13-18)23(27)25-20-8-4-3-7-19(20)21-15-26-14-6-5-9-22(26)24-21/h3-4,7-8,10-13,15-16H,5-6,9,14H2,1-2H3,(H,25,27). The van der Waals surface area contributed by atoms with Crippen LogP contribution < -0.4 is 10.1 Å². The van der Waals surface area contributed by atoms with Gasteiger partial charge in [-0.2, -0.15) is 0 Å². The zero-order chi connectivity index (χ0) is 19.5. The average Bonchev–Trinajstić information content (AvgIpc) is 3.12. The molecule has 0 atom stereocenters.